The van der Waals surface area contributed by atoms with Gasteiger partial charge in [0.05, 0.1) is 30.8 Å². The fraction of sp³-hybridized carbons (Fsp3) is 0.529. The van der Waals surface area contributed by atoms with Crippen molar-refractivity contribution in [3.8, 4) is 5.88 Å². The molecule has 0 amide bonds. The van der Waals surface area contributed by atoms with Crippen LogP contribution in [0.25, 0.3) is 0 Å². The SMILES string of the molecule is CC1CCN(c2cncc(OC(C)C)n2)C(c2ccco2)C1. The second kappa shape index (κ2) is 6.38. The van der Waals surface area contributed by atoms with Crippen molar-refractivity contribution in [2.75, 3.05) is 11.4 Å². The van der Waals surface area contributed by atoms with E-state index >= 15 is 0 Å². The highest BCUT2D eigenvalue weighted by Crippen LogP contribution is 2.37. The molecule has 118 valence electrons. The van der Waals surface area contributed by atoms with Crippen LogP contribution in [0, 0.1) is 5.92 Å². The van der Waals surface area contributed by atoms with Crippen LogP contribution >= 0.6 is 0 Å². The van der Waals surface area contributed by atoms with Gasteiger partial charge in [-0.15, -0.1) is 0 Å². The van der Waals surface area contributed by atoms with E-state index in [2.05, 4.69) is 21.8 Å². The molecule has 5 nitrogen and oxygen atoms in total. The van der Waals surface area contributed by atoms with E-state index in [4.69, 9.17) is 9.15 Å². The number of anilines is 1. The van der Waals surface area contributed by atoms with Gasteiger partial charge in [-0.05, 0) is 44.7 Å². The van der Waals surface area contributed by atoms with E-state index in [1.54, 1.807) is 18.7 Å². The Balaban J connectivity index is 1.87. The first-order valence-corrected chi connectivity index (χ1v) is 7.92. The van der Waals surface area contributed by atoms with Crippen LogP contribution in [-0.2, 0) is 0 Å². The number of ether oxygens (including phenoxy) is 1. The first-order valence-electron chi connectivity index (χ1n) is 7.92. The van der Waals surface area contributed by atoms with E-state index in [1.165, 1.54) is 0 Å². The molecule has 3 heterocycles. The lowest BCUT2D eigenvalue weighted by Gasteiger charge is -2.38. The van der Waals surface area contributed by atoms with Crippen molar-refractivity contribution < 1.29 is 9.15 Å². The lowest BCUT2D eigenvalue weighted by molar-refractivity contribution is 0.231. The lowest BCUT2D eigenvalue weighted by atomic mass is 9.91. The molecule has 1 saturated heterocycles. The van der Waals surface area contributed by atoms with Crippen molar-refractivity contribution >= 4 is 5.82 Å². The number of hydrogen-bond acceptors (Lipinski definition) is 5. The molecule has 22 heavy (non-hydrogen) atoms. The lowest BCUT2D eigenvalue weighted by Crippen LogP contribution is -2.36. The number of furan rings is 1. The molecule has 2 aromatic rings. The smallest absolute Gasteiger partial charge is 0.234 e. The summed E-state index contributed by atoms with van der Waals surface area (Å²) in [4.78, 5) is 11.2. The van der Waals surface area contributed by atoms with Gasteiger partial charge in [-0.1, -0.05) is 6.92 Å². The highest BCUT2D eigenvalue weighted by atomic mass is 16.5. The minimum atomic E-state index is 0.0896. The van der Waals surface area contributed by atoms with E-state index in [9.17, 15) is 0 Å². The zero-order valence-corrected chi connectivity index (χ0v) is 13.4. The Morgan fingerprint density at radius 1 is 1.36 bits per heavy atom. The third kappa shape index (κ3) is 3.24. The summed E-state index contributed by atoms with van der Waals surface area (Å²) < 4.78 is 11.3. The van der Waals surface area contributed by atoms with Crippen molar-refractivity contribution in [2.45, 2.75) is 45.8 Å². The molecule has 0 spiro atoms. The molecular formula is C17H23N3O2. The molecule has 5 heteroatoms. The number of aromatic nitrogens is 2. The Kier molecular flexibility index (Phi) is 4.32. The normalized spacial score (nSPS) is 22.1. The van der Waals surface area contributed by atoms with E-state index < -0.39 is 0 Å². The Hall–Kier alpha value is -2.04. The van der Waals surface area contributed by atoms with E-state index in [0.717, 1.165) is 31.0 Å². The zero-order chi connectivity index (χ0) is 15.5. The third-order valence-electron chi connectivity index (χ3n) is 3.99. The molecule has 3 rings (SSSR count). The minimum absolute atomic E-state index is 0.0896. The maximum Gasteiger partial charge on any atom is 0.234 e. The average molecular weight is 301 g/mol. The van der Waals surface area contributed by atoms with Crippen LogP contribution in [0.2, 0.25) is 0 Å². The number of nitrogens with zero attached hydrogens (tertiary/aromatic N) is 3. The summed E-state index contributed by atoms with van der Waals surface area (Å²) in [7, 11) is 0. The van der Waals surface area contributed by atoms with Crippen molar-refractivity contribution in [2.24, 2.45) is 5.92 Å². The second-order valence-corrected chi connectivity index (χ2v) is 6.24. The van der Waals surface area contributed by atoms with Gasteiger partial charge in [0.15, 0.2) is 5.82 Å². The van der Waals surface area contributed by atoms with Gasteiger partial charge in [-0.25, -0.2) is 0 Å². The van der Waals surface area contributed by atoms with Crippen molar-refractivity contribution in [3.05, 3.63) is 36.5 Å². The highest BCUT2D eigenvalue weighted by molar-refractivity contribution is 5.41. The van der Waals surface area contributed by atoms with Crippen LogP contribution in [0.5, 0.6) is 5.88 Å². The van der Waals surface area contributed by atoms with E-state index in [0.29, 0.717) is 11.8 Å². The predicted molar refractivity (Wildman–Crippen MR) is 85.0 cm³/mol. The summed E-state index contributed by atoms with van der Waals surface area (Å²) in [5.41, 5.74) is 0. The van der Waals surface area contributed by atoms with Crippen LogP contribution in [0.4, 0.5) is 5.82 Å². The second-order valence-electron chi connectivity index (χ2n) is 6.24. The summed E-state index contributed by atoms with van der Waals surface area (Å²) >= 11 is 0. The van der Waals surface area contributed by atoms with Gasteiger partial charge in [-0.2, -0.15) is 4.98 Å². The maximum atomic E-state index is 5.67. The largest absolute Gasteiger partial charge is 0.474 e. The molecule has 0 bridgehead atoms. The molecule has 1 fully saturated rings. The summed E-state index contributed by atoms with van der Waals surface area (Å²) in [6, 6.07) is 4.19. The van der Waals surface area contributed by atoms with Crippen LogP contribution < -0.4 is 9.64 Å². The van der Waals surface area contributed by atoms with E-state index in [1.807, 2.05) is 26.0 Å². The molecule has 0 aromatic carbocycles. The summed E-state index contributed by atoms with van der Waals surface area (Å²) in [6.07, 6.45) is 7.50. The standard InChI is InChI=1S/C17H23N3O2/c1-12(2)22-17-11-18-10-16(19-17)20-7-6-13(3)9-14(20)15-5-4-8-21-15/h4-5,8,10-14H,6-7,9H2,1-3H3. The quantitative estimate of drug-likeness (QED) is 0.859. The minimum Gasteiger partial charge on any atom is -0.474 e. The molecule has 2 atom stereocenters. The average Bonchev–Trinajstić information content (AvgIpc) is 3.01. The molecule has 1 aliphatic heterocycles. The first-order chi connectivity index (χ1) is 10.6. The fourth-order valence-electron chi connectivity index (χ4n) is 2.94. The summed E-state index contributed by atoms with van der Waals surface area (Å²) in [5, 5.41) is 0. The highest BCUT2D eigenvalue weighted by Gasteiger charge is 2.30. The molecule has 0 aliphatic carbocycles. The van der Waals surface area contributed by atoms with Gasteiger partial charge in [0.25, 0.3) is 0 Å². The van der Waals surface area contributed by atoms with Crippen molar-refractivity contribution in [1.29, 1.82) is 0 Å². The molecule has 0 radical (unpaired) electrons. The van der Waals surface area contributed by atoms with Crippen LogP contribution in [0.3, 0.4) is 0 Å². The van der Waals surface area contributed by atoms with Gasteiger partial charge >= 0.3 is 0 Å². The van der Waals surface area contributed by atoms with Crippen LogP contribution in [0.15, 0.2) is 35.2 Å². The Bertz CT molecular complexity index is 598. The summed E-state index contributed by atoms with van der Waals surface area (Å²) in [6.45, 7) is 7.22. The van der Waals surface area contributed by atoms with Gasteiger partial charge in [0.1, 0.15) is 5.76 Å². The summed E-state index contributed by atoms with van der Waals surface area (Å²) in [5.74, 6) is 3.09. The first kappa shape index (κ1) is 14.9. The van der Waals surface area contributed by atoms with Gasteiger partial charge in [0.2, 0.25) is 5.88 Å². The number of rotatable bonds is 4. The van der Waals surface area contributed by atoms with Gasteiger partial charge in [0, 0.05) is 6.54 Å². The molecule has 1 aliphatic rings. The molecule has 2 aromatic heterocycles. The third-order valence-corrected chi connectivity index (χ3v) is 3.99. The fourth-order valence-corrected chi connectivity index (χ4v) is 2.94. The van der Waals surface area contributed by atoms with Gasteiger partial charge in [-0.3, -0.25) is 4.98 Å². The van der Waals surface area contributed by atoms with E-state index in [-0.39, 0.29) is 12.1 Å². The Morgan fingerprint density at radius 3 is 2.95 bits per heavy atom. The maximum absolute atomic E-state index is 5.67. The number of hydrogen-bond donors (Lipinski definition) is 0. The number of piperidine rings is 1. The van der Waals surface area contributed by atoms with Gasteiger partial charge < -0.3 is 14.1 Å². The molecule has 0 N–H and O–H groups in total. The molecule has 2 unspecified atom stereocenters. The Labute approximate surface area is 131 Å². The molecule has 0 saturated carbocycles. The van der Waals surface area contributed by atoms with Crippen molar-refractivity contribution in [1.82, 2.24) is 9.97 Å². The van der Waals surface area contributed by atoms with Crippen molar-refractivity contribution in [3.63, 3.8) is 0 Å². The predicted octanol–water partition coefficient (Wildman–Crippen LogP) is 3.83. The monoisotopic (exact) mass is 301 g/mol. The zero-order valence-electron chi connectivity index (χ0n) is 13.4. The molecular weight excluding hydrogens is 278 g/mol. The van der Waals surface area contributed by atoms with Crippen LogP contribution in [-0.4, -0.2) is 22.6 Å². The Morgan fingerprint density at radius 2 is 2.23 bits per heavy atom. The van der Waals surface area contributed by atoms with Crippen LogP contribution in [0.1, 0.15) is 45.4 Å². The topological polar surface area (TPSA) is 51.4 Å².